The summed E-state index contributed by atoms with van der Waals surface area (Å²) in [6.45, 7) is 3.61. The predicted octanol–water partition coefficient (Wildman–Crippen LogP) is 5.43. The monoisotopic (exact) mass is 282 g/mol. The first-order valence-electron chi connectivity index (χ1n) is 7.25. The molecule has 0 aromatic carbocycles. The van der Waals surface area contributed by atoms with E-state index in [0.29, 0.717) is 12.5 Å². The molecular formula is C17H27ClO. The highest BCUT2D eigenvalue weighted by molar-refractivity contribution is 6.17. The number of hydrogen-bond acceptors (Lipinski definition) is 1. The zero-order valence-electron chi connectivity index (χ0n) is 12.1. The Morgan fingerprint density at radius 1 is 1.00 bits per heavy atom. The van der Waals surface area contributed by atoms with Crippen molar-refractivity contribution in [2.75, 3.05) is 19.1 Å². The van der Waals surface area contributed by atoms with Crippen LogP contribution in [0.15, 0.2) is 42.2 Å². The van der Waals surface area contributed by atoms with Crippen molar-refractivity contribution in [3.8, 4) is 0 Å². The highest BCUT2D eigenvalue weighted by Gasteiger charge is 1.81. The van der Waals surface area contributed by atoms with Gasteiger partial charge >= 0.3 is 0 Å². The van der Waals surface area contributed by atoms with Gasteiger partial charge in [-0.05, 0) is 44.3 Å². The Bertz CT molecular complexity index is 286. The van der Waals surface area contributed by atoms with Crippen LogP contribution in [-0.2, 0) is 4.74 Å². The highest BCUT2D eigenvalue weighted by Crippen LogP contribution is 1.94. The third-order valence-electron chi connectivity index (χ3n) is 2.41. The first-order chi connectivity index (χ1) is 9.41. The summed E-state index contributed by atoms with van der Waals surface area (Å²) in [7, 11) is 0. The van der Waals surface area contributed by atoms with Crippen molar-refractivity contribution in [1.82, 2.24) is 0 Å². The van der Waals surface area contributed by atoms with E-state index < -0.39 is 0 Å². The molecule has 0 heterocycles. The number of rotatable bonds is 12. The number of allylic oxidation sites excluding steroid dienone is 3. The smallest absolute Gasteiger partial charge is 0.0721 e. The Balaban J connectivity index is 3.30. The molecule has 0 saturated heterocycles. The summed E-state index contributed by atoms with van der Waals surface area (Å²) in [4.78, 5) is 0. The standard InChI is InChI=1S/C17H27ClO/c1-2-3-4-5-6-7-10-13-16-19-17-14-11-8-9-12-15-18/h4-5,7-8,10,14H,2-3,6,9,12-13,15-17H2,1H3/b5-4-,10-7-. The van der Waals surface area contributed by atoms with Crippen molar-refractivity contribution in [2.45, 2.75) is 45.4 Å². The van der Waals surface area contributed by atoms with Crippen LogP contribution in [0.3, 0.4) is 0 Å². The van der Waals surface area contributed by atoms with Crippen molar-refractivity contribution in [2.24, 2.45) is 0 Å². The van der Waals surface area contributed by atoms with Crippen LogP contribution in [-0.4, -0.2) is 19.1 Å². The molecule has 0 spiro atoms. The van der Waals surface area contributed by atoms with Gasteiger partial charge in [0.05, 0.1) is 13.2 Å². The predicted molar refractivity (Wildman–Crippen MR) is 85.8 cm³/mol. The van der Waals surface area contributed by atoms with Gasteiger partial charge in [0.1, 0.15) is 0 Å². The first-order valence-corrected chi connectivity index (χ1v) is 7.78. The first kappa shape index (κ1) is 18.2. The topological polar surface area (TPSA) is 9.23 Å². The third-order valence-corrected chi connectivity index (χ3v) is 2.68. The number of halogens is 1. The van der Waals surface area contributed by atoms with Gasteiger partial charge in [0, 0.05) is 5.88 Å². The molecule has 0 bridgehead atoms. The largest absolute Gasteiger partial charge is 0.376 e. The van der Waals surface area contributed by atoms with Crippen LogP contribution < -0.4 is 0 Å². The van der Waals surface area contributed by atoms with Crippen molar-refractivity contribution in [3.05, 3.63) is 42.2 Å². The fourth-order valence-electron chi connectivity index (χ4n) is 1.36. The van der Waals surface area contributed by atoms with E-state index in [1.165, 1.54) is 12.8 Å². The molecule has 0 aliphatic heterocycles. The molecular weight excluding hydrogens is 256 g/mol. The minimum atomic E-state index is 0.640. The molecule has 108 valence electrons. The molecule has 0 fully saturated rings. The molecule has 0 N–H and O–H groups in total. The molecule has 0 atom stereocenters. The van der Waals surface area contributed by atoms with Crippen molar-refractivity contribution >= 4 is 11.6 Å². The van der Waals surface area contributed by atoms with Crippen LogP contribution in [0.4, 0.5) is 0 Å². The number of unbranched alkanes of at least 4 members (excludes halogenated alkanes) is 2. The summed E-state index contributed by atoms with van der Waals surface area (Å²) in [5.41, 5.74) is 3.09. The maximum absolute atomic E-state index is 5.57. The summed E-state index contributed by atoms with van der Waals surface area (Å²) in [5.74, 6) is 0.717. The second-order valence-electron chi connectivity index (χ2n) is 4.24. The molecule has 0 radical (unpaired) electrons. The van der Waals surface area contributed by atoms with Gasteiger partial charge in [0.25, 0.3) is 0 Å². The van der Waals surface area contributed by atoms with E-state index in [1.54, 1.807) is 0 Å². The molecule has 0 rings (SSSR count). The van der Waals surface area contributed by atoms with Gasteiger partial charge in [0.2, 0.25) is 0 Å². The molecule has 0 amide bonds. The van der Waals surface area contributed by atoms with Gasteiger partial charge < -0.3 is 4.74 Å². The van der Waals surface area contributed by atoms with Gasteiger partial charge in [-0.15, -0.1) is 17.3 Å². The van der Waals surface area contributed by atoms with Gasteiger partial charge in [-0.2, -0.15) is 0 Å². The summed E-state index contributed by atoms with van der Waals surface area (Å²) < 4.78 is 5.45. The van der Waals surface area contributed by atoms with Gasteiger partial charge in [-0.25, -0.2) is 0 Å². The second-order valence-corrected chi connectivity index (χ2v) is 4.61. The van der Waals surface area contributed by atoms with Crippen LogP contribution in [0, 0.1) is 0 Å². The molecule has 1 nitrogen and oxygen atoms in total. The van der Waals surface area contributed by atoms with E-state index in [1.807, 2.05) is 12.2 Å². The SMILES string of the molecule is CCC/C=C\C/C=C\CCOCC=C=CCCCCl. The summed E-state index contributed by atoms with van der Waals surface area (Å²) in [5, 5.41) is 0. The van der Waals surface area contributed by atoms with Gasteiger partial charge in [-0.1, -0.05) is 37.6 Å². The van der Waals surface area contributed by atoms with Gasteiger partial charge in [-0.3, -0.25) is 0 Å². The van der Waals surface area contributed by atoms with Crippen molar-refractivity contribution in [3.63, 3.8) is 0 Å². The Morgan fingerprint density at radius 2 is 1.79 bits per heavy atom. The van der Waals surface area contributed by atoms with Crippen molar-refractivity contribution < 1.29 is 4.74 Å². The Hall–Kier alpha value is -0.750. The molecule has 19 heavy (non-hydrogen) atoms. The fourth-order valence-corrected chi connectivity index (χ4v) is 1.52. The minimum absolute atomic E-state index is 0.640. The van der Waals surface area contributed by atoms with E-state index in [9.17, 15) is 0 Å². The lowest BCUT2D eigenvalue weighted by molar-refractivity contribution is 0.167. The molecule has 0 unspecified atom stereocenters. The van der Waals surface area contributed by atoms with E-state index in [2.05, 4.69) is 37.0 Å². The lowest BCUT2D eigenvalue weighted by atomic mass is 10.2. The maximum Gasteiger partial charge on any atom is 0.0721 e. The summed E-state index contributed by atoms with van der Waals surface area (Å²) in [6.07, 6.45) is 19.2. The van der Waals surface area contributed by atoms with Crippen LogP contribution >= 0.6 is 11.6 Å². The molecule has 0 aliphatic carbocycles. The molecule has 0 aromatic heterocycles. The lowest BCUT2D eigenvalue weighted by Gasteiger charge is -1.95. The zero-order chi connectivity index (χ0) is 14.0. The molecule has 0 saturated carbocycles. The average molecular weight is 283 g/mol. The molecule has 0 aliphatic rings. The average Bonchev–Trinajstić information content (AvgIpc) is 2.43. The van der Waals surface area contributed by atoms with Crippen molar-refractivity contribution in [1.29, 1.82) is 0 Å². The Kier molecular flexibility index (Phi) is 16.6. The number of alkyl halides is 1. The van der Waals surface area contributed by atoms with Gasteiger partial charge in [0.15, 0.2) is 0 Å². The number of ether oxygens (including phenoxy) is 1. The summed E-state index contributed by atoms with van der Waals surface area (Å²) >= 11 is 5.57. The third kappa shape index (κ3) is 17.2. The van der Waals surface area contributed by atoms with E-state index in [-0.39, 0.29) is 0 Å². The van der Waals surface area contributed by atoms with E-state index >= 15 is 0 Å². The molecule has 0 aromatic rings. The normalized spacial score (nSPS) is 11.1. The maximum atomic E-state index is 5.57. The van der Waals surface area contributed by atoms with Crippen LogP contribution in [0.5, 0.6) is 0 Å². The minimum Gasteiger partial charge on any atom is -0.376 e. The van der Waals surface area contributed by atoms with Crippen LogP contribution in [0.1, 0.15) is 45.4 Å². The quantitative estimate of drug-likeness (QED) is 0.201. The summed E-state index contributed by atoms with van der Waals surface area (Å²) in [6, 6.07) is 0. The fraction of sp³-hybridized carbons (Fsp3) is 0.588. The van der Waals surface area contributed by atoms with Crippen LogP contribution in [0.25, 0.3) is 0 Å². The lowest BCUT2D eigenvalue weighted by Crippen LogP contribution is -1.91. The Labute approximate surface area is 123 Å². The molecule has 2 heteroatoms. The second kappa shape index (κ2) is 17.2. The van der Waals surface area contributed by atoms with E-state index in [4.69, 9.17) is 16.3 Å². The Morgan fingerprint density at radius 3 is 2.53 bits per heavy atom. The zero-order valence-corrected chi connectivity index (χ0v) is 12.9. The number of hydrogen-bond donors (Lipinski definition) is 0. The highest BCUT2D eigenvalue weighted by atomic mass is 35.5. The van der Waals surface area contributed by atoms with E-state index in [0.717, 1.165) is 32.3 Å². The van der Waals surface area contributed by atoms with Crippen LogP contribution in [0.2, 0.25) is 0 Å².